The van der Waals surface area contributed by atoms with Crippen molar-refractivity contribution >= 4 is 5.91 Å². The molecule has 8 heteroatoms. The lowest BCUT2D eigenvalue weighted by atomic mass is 10.1. The minimum Gasteiger partial charge on any atom is -0.465 e. The first-order valence-corrected chi connectivity index (χ1v) is 8.04. The second kappa shape index (κ2) is 7.53. The number of aryl methyl sites for hydroxylation is 1. The van der Waals surface area contributed by atoms with Crippen LogP contribution in [0.3, 0.4) is 0 Å². The van der Waals surface area contributed by atoms with Gasteiger partial charge in [0.25, 0.3) is 5.91 Å². The zero-order valence-electron chi connectivity index (χ0n) is 14.2. The van der Waals surface area contributed by atoms with Crippen LogP contribution in [0.4, 0.5) is 13.2 Å². The van der Waals surface area contributed by atoms with Crippen LogP contribution in [0.2, 0.25) is 0 Å². The van der Waals surface area contributed by atoms with Crippen molar-refractivity contribution in [2.45, 2.75) is 19.3 Å². The summed E-state index contributed by atoms with van der Waals surface area (Å²) in [4.78, 5) is 16.3. The van der Waals surface area contributed by atoms with Crippen molar-refractivity contribution in [1.29, 1.82) is 0 Å². The quantitative estimate of drug-likeness (QED) is 0.858. The predicted molar refractivity (Wildman–Crippen MR) is 92.7 cm³/mol. The molecule has 1 aromatic heterocycles. The van der Waals surface area contributed by atoms with E-state index in [-0.39, 0.29) is 5.56 Å². The Morgan fingerprint density at radius 3 is 2.56 bits per heavy atom. The molecule has 0 fully saturated rings. The molecule has 1 aliphatic rings. The van der Waals surface area contributed by atoms with Crippen LogP contribution in [0.15, 0.2) is 66.6 Å². The maximum absolute atomic E-state index is 12.6. The smallest absolute Gasteiger partial charge is 0.416 e. The largest absolute Gasteiger partial charge is 0.465 e. The van der Waals surface area contributed by atoms with E-state index in [0.717, 1.165) is 30.0 Å². The van der Waals surface area contributed by atoms with Crippen molar-refractivity contribution in [3.63, 3.8) is 0 Å². The number of hydrogen-bond acceptors (Lipinski definition) is 4. The summed E-state index contributed by atoms with van der Waals surface area (Å²) in [5.41, 5.74) is 0.533. The average molecular weight is 375 g/mol. The SMILES string of the molecule is Cc1ncccc1OC1C=CC(NC(=O)c2ccc(C(F)(F)F)cc2)=CN1. The molecule has 0 radical (unpaired) electrons. The second-order valence-corrected chi connectivity index (χ2v) is 5.78. The molecule has 3 rings (SSSR count). The summed E-state index contributed by atoms with van der Waals surface area (Å²) >= 11 is 0. The number of dihydropyridines is 1. The van der Waals surface area contributed by atoms with E-state index in [1.165, 1.54) is 0 Å². The van der Waals surface area contributed by atoms with Crippen molar-refractivity contribution in [3.05, 3.63) is 83.5 Å². The fourth-order valence-electron chi connectivity index (χ4n) is 2.36. The van der Waals surface area contributed by atoms with Crippen LogP contribution in [0.5, 0.6) is 5.75 Å². The lowest BCUT2D eigenvalue weighted by Crippen LogP contribution is -2.34. The topological polar surface area (TPSA) is 63.2 Å². The fourth-order valence-corrected chi connectivity index (χ4v) is 2.36. The first-order chi connectivity index (χ1) is 12.8. The number of carbonyl (C=O) groups is 1. The number of rotatable bonds is 4. The predicted octanol–water partition coefficient (Wildman–Crippen LogP) is 3.54. The Morgan fingerprint density at radius 2 is 1.96 bits per heavy atom. The zero-order chi connectivity index (χ0) is 19.4. The van der Waals surface area contributed by atoms with Crippen molar-refractivity contribution in [2.75, 3.05) is 0 Å². The summed E-state index contributed by atoms with van der Waals surface area (Å²) in [6.45, 7) is 1.83. The summed E-state index contributed by atoms with van der Waals surface area (Å²) in [6.07, 6.45) is 1.71. The molecule has 1 unspecified atom stereocenters. The van der Waals surface area contributed by atoms with Gasteiger partial charge in [0.05, 0.1) is 17.0 Å². The number of allylic oxidation sites excluding steroid dienone is 1. The zero-order valence-corrected chi connectivity index (χ0v) is 14.2. The Kier molecular flexibility index (Phi) is 5.16. The van der Waals surface area contributed by atoms with Crippen LogP contribution < -0.4 is 15.4 Å². The molecule has 0 saturated carbocycles. The van der Waals surface area contributed by atoms with Crippen molar-refractivity contribution < 1.29 is 22.7 Å². The van der Waals surface area contributed by atoms with E-state index >= 15 is 0 Å². The van der Waals surface area contributed by atoms with Gasteiger partial charge >= 0.3 is 6.18 Å². The molecule has 1 atom stereocenters. The monoisotopic (exact) mass is 375 g/mol. The van der Waals surface area contributed by atoms with E-state index in [0.29, 0.717) is 11.4 Å². The van der Waals surface area contributed by atoms with Crippen LogP contribution in [0.1, 0.15) is 21.6 Å². The van der Waals surface area contributed by atoms with E-state index in [2.05, 4.69) is 15.6 Å². The van der Waals surface area contributed by atoms with Crippen molar-refractivity contribution in [1.82, 2.24) is 15.6 Å². The minimum absolute atomic E-state index is 0.127. The number of alkyl halides is 3. The van der Waals surface area contributed by atoms with E-state index < -0.39 is 23.9 Å². The number of benzene rings is 1. The highest BCUT2D eigenvalue weighted by atomic mass is 19.4. The van der Waals surface area contributed by atoms with Gasteiger partial charge in [-0.05, 0) is 55.5 Å². The van der Waals surface area contributed by atoms with Gasteiger partial charge in [0.1, 0.15) is 5.75 Å². The van der Waals surface area contributed by atoms with Gasteiger partial charge in [-0.25, -0.2) is 0 Å². The molecule has 1 amide bonds. The van der Waals surface area contributed by atoms with Crippen LogP contribution in [0, 0.1) is 6.92 Å². The van der Waals surface area contributed by atoms with Crippen molar-refractivity contribution in [3.8, 4) is 5.75 Å². The molecule has 1 aromatic carbocycles. The summed E-state index contributed by atoms with van der Waals surface area (Å²) in [5, 5.41) is 5.58. The number of hydrogen-bond donors (Lipinski definition) is 2. The molecule has 0 spiro atoms. The Hall–Kier alpha value is -3.29. The Balaban J connectivity index is 1.58. The second-order valence-electron chi connectivity index (χ2n) is 5.78. The lowest BCUT2D eigenvalue weighted by Gasteiger charge is -2.21. The Bertz CT molecular complexity index is 890. The third-order valence-corrected chi connectivity index (χ3v) is 3.80. The number of pyridine rings is 1. The van der Waals surface area contributed by atoms with Crippen LogP contribution in [-0.4, -0.2) is 17.1 Å². The number of nitrogens with one attached hydrogen (secondary N) is 2. The first-order valence-electron chi connectivity index (χ1n) is 8.04. The van der Waals surface area contributed by atoms with Gasteiger partial charge in [-0.3, -0.25) is 9.78 Å². The molecule has 27 heavy (non-hydrogen) atoms. The molecular weight excluding hydrogens is 359 g/mol. The molecular formula is C19H16F3N3O2. The molecule has 2 aromatic rings. The van der Waals surface area contributed by atoms with Gasteiger partial charge in [-0.2, -0.15) is 13.2 Å². The van der Waals surface area contributed by atoms with Crippen LogP contribution >= 0.6 is 0 Å². The van der Waals surface area contributed by atoms with Gasteiger partial charge in [-0.1, -0.05) is 0 Å². The van der Waals surface area contributed by atoms with E-state index in [1.54, 1.807) is 36.7 Å². The number of nitrogens with zero attached hydrogens (tertiary/aromatic N) is 1. The van der Waals surface area contributed by atoms with Crippen LogP contribution in [0.25, 0.3) is 0 Å². The molecule has 140 valence electrons. The number of amides is 1. The van der Waals surface area contributed by atoms with Gasteiger partial charge < -0.3 is 15.4 Å². The summed E-state index contributed by atoms with van der Waals surface area (Å²) in [7, 11) is 0. The minimum atomic E-state index is -4.44. The third-order valence-electron chi connectivity index (χ3n) is 3.80. The number of halogens is 3. The molecule has 0 saturated heterocycles. The van der Waals surface area contributed by atoms with Gasteiger partial charge in [0.2, 0.25) is 0 Å². The normalized spacial score (nSPS) is 16.3. The Labute approximate surface area is 153 Å². The number of aromatic nitrogens is 1. The highest BCUT2D eigenvalue weighted by Crippen LogP contribution is 2.29. The maximum Gasteiger partial charge on any atom is 0.416 e. The maximum atomic E-state index is 12.6. The Morgan fingerprint density at radius 1 is 1.22 bits per heavy atom. The molecule has 1 aliphatic heterocycles. The van der Waals surface area contributed by atoms with Gasteiger partial charge in [-0.15, -0.1) is 0 Å². The highest BCUT2D eigenvalue weighted by Gasteiger charge is 2.30. The molecule has 2 heterocycles. The average Bonchev–Trinajstić information content (AvgIpc) is 2.64. The first kappa shape index (κ1) is 18.5. The van der Waals surface area contributed by atoms with E-state index in [9.17, 15) is 18.0 Å². The summed E-state index contributed by atoms with van der Waals surface area (Å²) in [6, 6.07) is 7.58. The van der Waals surface area contributed by atoms with Crippen molar-refractivity contribution in [2.24, 2.45) is 0 Å². The van der Waals surface area contributed by atoms with E-state index in [4.69, 9.17) is 4.74 Å². The summed E-state index contributed by atoms with van der Waals surface area (Å²) < 4.78 is 43.4. The molecule has 0 aliphatic carbocycles. The standard InChI is InChI=1S/C19H16F3N3O2/c1-12-16(3-2-10-23-12)27-17-9-8-15(11-24-17)25-18(26)13-4-6-14(7-5-13)19(20,21)22/h2-11,17,24H,1H3,(H,25,26). The van der Waals surface area contributed by atoms with Gasteiger partial charge in [0, 0.05) is 18.0 Å². The molecule has 2 N–H and O–H groups in total. The number of ether oxygens (including phenoxy) is 1. The summed E-state index contributed by atoms with van der Waals surface area (Å²) in [5.74, 6) is 0.120. The fraction of sp³-hybridized carbons (Fsp3) is 0.158. The molecule has 5 nitrogen and oxygen atoms in total. The van der Waals surface area contributed by atoms with Gasteiger partial charge in [0.15, 0.2) is 6.23 Å². The van der Waals surface area contributed by atoms with E-state index in [1.807, 2.05) is 6.92 Å². The lowest BCUT2D eigenvalue weighted by molar-refractivity contribution is -0.137. The highest BCUT2D eigenvalue weighted by molar-refractivity contribution is 5.95. The molecule has 0 bridgehead atoms. The van der Waals surface area contributed by atoms with Crippen LogP contribution in [-0.2, 0) is 6.18 Å². The third kappa shape index (κ3) is 4.66. The number of carbonyl (C=O) groups excluding carboxylic acids is 1.